The lowest BCUT2D eigenvalue weighted by Gasteiger charge is -2.03. The van der Waals surface area contributed by atoms with Crippen molar-refractivity contribution in [3.8, 4) is 0 Å². The number of benzene rings is 2. The summed E-state index contributed by atoms with van der Waals surface area (Å²) in [4.78, 5) is 10.1. The number of hydrazone groups is 1. The lowest BCUT2D eigenvalue weighted by Crippen LogP contribution is -1.98. The summed E-state index contributed by atoms with van der Waals surface area (Å²) < 4.78 is 0. The van der Waals surface area contributed by atoms with Gasteiger partial charge < -0.3 is 5.73 Å². The molecular formula is C13H11N7O2. The topological polar surface area (TPSA) is 135 Å². The number of nitro benzene ring substituents is 1. The standard InChI is InChI=1S/C13H11N7O2/c14-10-6-9(20(21)22)2-4-11(10)16-15-7-8-1-3-12-13(5-8)18-19-17-12/h1-7,16H,14H2,(H,17,18,19)/b15-7+. The van der Waals surface area contributed by atoms with E-state index in [1.165, 1.54) is 18.2 Å². The predicted molar refractivity (Wildman–Crippen MR) is 82.6 cm³/mol. The van der Waals surface area contributed by atoms with E-state index in [9.17, 15) is 10.1 Å². The first-order chi connectivity index (χ1) is 10.6. The first-order valence-electron chi connectivity index (χ1n) is 6.27. The lowest BCUT2D eigenvalue weighted by molar-refractivity contribution is -0.384. The van der Waals surface area contributed by atoms with Crippen LogP contribution in [0.3, 0.4) is 0 Å². The van der Waals surface area contributed by atoms with Crippen LogP contribution in [0.4, 0.5) is 17.1 Å². The number of non-ortho nitro benzene ring substituents is 1. The number of fused-ring (bicyclic) bond motifs is 1. The van der Waals surface area contributed by atoms with Gasteiger partial charge in [-0.15, -0.1) is 5.10 Å². The highest BCUT2D eigenvalue weighted by Crippen LogP contribution is 2.23. The molecule has 0 aliphatic heterocycles. The van der Waals surface area contributed by atoms with Gasteiger partial charge in [0.05, 0.1) is 28.0 Å². The molecular weight excluding hydrogens is 286 g/mol. The van der Waals surface area contributed by atoms with E-state index in [2.05, 4.69) is 25.9 Å². The SMILES string of the molecule is Nc1cc([N+](=O)[O-])ccc1N/N=C/c1ccc2[nH]nnc2c1. The molecule has 0 aliphatic rings. The smallest absolute Gasteiger partial charge is 0.271 e. The molecule has 2 aromatic carbocycles. The van der Waals surface area contributed by atoms with Gasteiger partial charge in [0, 0.05) is 12.1 Å². The average Bonchev–Trinajstić information content (AvgIpc) is 2.96. The zero-order chi connectivity index (χ0) is 15.5. The second-order valence-corrected chi connectivity index (χ2v) is 4.49. The van der Waals surface area contributed by atoms with Crippen LogP contribution in [-0.4, -0.2) is 26.5 Å². The summed E-state index contributed by atoms with van der Waals surface area (Å²) in [5.74, 6) is 0. The number of anilines is 2. The Morgan fingerprint density at radius 3 is 2.95 bits per heavy atom. The Kier molecular flexibility index (Phi) is 3.36. The maximum Gasteiger partial charge on any atom is 0.271 e. The van der Waals surface area contributed by atoms with Crippen LogP contribution in [-0.2, 0) is 0 Å². The highest BCUT2D eigenvalue weighted by molar-refractivity contribution is 5.87. The van der Waals surface area contributed by atoms with Crippen LogP contribution in [0.15, 0.2) is 41.5 Å². The molecule has 0 fully saturated rings. The van der Waals surface area contributed by atoms with E-state index in [1.807, 2.05) is 18.2 Å². The zero-order valence-corrected chi connectivity index (χ0v) is 11.2. The molecule has 1 aromatic heterocycles. The van der Waals surface area contributed by atoms with Crippen LogP contribution >= 0.6 is 0 Å². The van der Waals surface area contributed by atoms with E-state index in [0.29, 0.717) is 5.69 Å². The second-order valence-electron chi connectivity index (χ2n) is 4.49. The molecule has 0 atom stereocenters. The molecule has 22 heavy (non-hydrogen) atoms. The van der Waals surface area contributed by atoms with Crippen molar-refractivity contribution in [1.82, 2.24) is 15.4 Å². The van der Waals surface area contributed by atoms with Gasteiger partial charge in [-0.25, -0.2) is 0 Å². The maximum absolute atomic E-state index is 10.6. The van der Waals surface area contributed by atoms with Crippen molar-refractivity contribution < 1.29 is 4.92 Å². The van der Waals surface area contributed by atoms with Crippen molar-refractivity contribution in [3.05, 3.63) is 52.1 Å². The number of rotatable bonds is 4. The largest absolute Gasteiger partial charge is 0.397 e. The Morgan fingerprint density at radius 1 is 1.32 bits per heavy atom. The van der Waals surface area contributed by atoms with Crippen molar-refractivity contribution in [1.29, 1.82) is 0 Å². The van der Waals surface area contributed by atoms with E-state index in [0.717, 1.165) is 16.6 Å². The summed E-state index contributed by atoms with van der Waals surface area (Å²) in [6.45, 7) is 0. The number of nitrogen functional groups attached to an aromatic ring is 1. The first kappa shape index (κ1) is 13.5. The number of nitrogens with one attached hydrogen (secondary N) is 2. The quantitative estimate of drug-likeness (QED) is 0.291. The zero-order valence-electron chi connectivity index (χ0n) is 11.2. The molecule has 0 bridgehead atoms. The Balaban J connectivity index is 1.75. The van der Waals surface area contributed by atoms with Crippen LogP contribution in [0.5, 0.6) is 0 Å². The fourth-order valence-electron chi connectivity index (χ4n) is 1.88. The van der Waals surface area contributed by atoms with Crippen molar-refractivity contribution >= 4 is 34.3 Å². The van der Waals surface area contributed by atoms with E-state index < -0.39 is 4.92 Å². The van der Waals surface area contributed by atoms with Gasteiger partial charge in [-0.05, 0) is 23.8 Å². The summed E-state index contributed by atoms with van der Waals surface area (Å²) in [5.41, 5.74) is 11.6. The molecule has 4 N–H and O–H groups in total. The van der Waals surface area contributed by atoms with Gasteiger partial charge in [0.2, 0.25) is 0 Å². The average molecular weight is 297 g/mol. The van der Waals surface area contributed by atoms with Gasteiger partial charge in [0.1, 0.15) is 5.52 Å². The predicted octanol–water partition coefficient (Wildman–Crippen LogP) is 1.89. The normalized spacial score (nSPS) is 11.1. The van der Waals surface area contributed by atoms with Gasteiger partial charge in [0.15, 0.2) is 0 Å². The molecule has 0 aliphatic carbocycles. The van der Waals surface area contributed by atoms with Gasteiger partial charge >= 0.3 is 0 Å². The first-order valence-corrected chi connectivity index (χ1v) is 6.27. The molecule has 0 saturated heterocycles. The summed E-state index contributed by atoms with van der Waals surface area (Å²) >= 11 is 0. The van der Waals surface area contributed by atoms with E-state index in [-0.39, 0.29) is 11.4 Å². The number of hydrogen-bond acceptors (Lipinski definition) is 7. The third kappa shape index (κ3) is 2.68. The highest BCUT2D eigenvalue weighted by atomic mass is 16.6. The molecule has 9 heteroatoms. The number of nitro groups is 1. The number of nitrogens with zero attached hydrogens (tertiary/aromatic N) is 4. The monoisotopic (exact) mass is 297 g/mol. The summed E-state index contributed by atoms with van der Waals surface area (Å²) in [6.07, 6.45) is 1.59. The van der Waals surface area contributed by atoms with E-state index in [1.54, 1.807) is 6.21 Å². The molecule has 110 valence electrons. The lowest BCUT2D eigenvalue weighted by atomic mass is 10.2. The van der Waals surface area contributed by atoms with Gasteiger partial charge in [-0.1, -0.05) is 11.3 Å². The molecule has 0 radical (unpaired) electrons. The summed E-state index contributed by atoms with van der Waals surface area (Å²) in [5, 5.41) is 25.1. The van der Waals surface area contributed by atoms with Crippen molar-refractivity contribution in [2.24, 2.45) is 5.10 Å². The van der Waals surface area contributed by atoms with Crippen LogP contribution in [0.25, 0.3) is 11.0 Å². The number of aromatic amines is 1. The Labute approximate surface area is 124 Å². The summed E-state index contributed by atoms with van der Waals surface area (Å²) in [7, 11) is 0. The van der Waals surface area contributed by atoms with Crippen LogP contribution in [0.2, 0.25) is 0 Å². The van der Waals surface area contributed by atoms with Crippen LogP contribution in [0.1, 0.15) is 5.56 Å². The van der Waals surface area contributed by atoms with Crippen LogP contribution in [0, 0.1) is 10.1 Å². The fourth-order valence-corrected chi connectivity index (χ4v) is 1.88. The van der Waals surface area contributed by atoms with Crippen molar-refractivity contribution in [3.63, 3.8) is 0 Å². The molecule has 3 rings (SSSR count). The third-order valence-corrected chi connectivity index (χ3v) is 2.99. The molecule has 9 nitrogen and oxygen atoms in total. The molecule has 0 amide bonds. The third-order valence-electron chi connectivity index (χ3n) is 2.99. The number of hydrogen-bond donors (Lipinski definition) is 3. The van der Waals surface area contributed by atoms with Gasteiger partial charge in [-0.3, -0.25) is 20.6 Å². The van der Waals surface area contributed by atoms with Crippen molar-refractivity contribution in [2.75, 3.05) is 11.2 Å². The molecule has 0 unspecified atom stereocenters. The number of aromatic nitrogens is 3. The second kappa shape index (κ2) is 5.48. The highest BCUT2D eigenvalue weighted by Gasteiger charge is 2.07. The summed E-state index contributed by atoms with van der Waals surface area (Å²) in [6, 6.07) is 9.66. The molecule has 3 aromatic rings. The maximum atomic E-state index is 10.6. The van der Waals surface area contributed by atoms with E-state index in [4.69, 9.17) is 5.73 Å². The molecule has 0 saturated carbocycles. The van der Waals surface area contributed by atoms with Crippen LogP contribution < -0.4 is 11.2 Å². The Morgan fingerprint density at radius 2 is 2.18 bits per heavy atom. The van der Waals surface area contributed by atoms with Gasteiger partial charge in [0.25, 0.3) is 5.69 Å². The Bertz CT molecular complexity index is 872. The van der Waals surface area contributed by atoms with E-state index >= 15 is 0 Å². The number of H-pyrrole nitrogens is 1. The minimum atomic E-state index is -0.503. The minimum absolute atomic E-state index is 0.0662. The minimum Gasteiger partial charge on any atom is -0.397 e. The fraction of sp³-hybridized carbons (Fsp3) is 0. The van der Waals surface area contributed by atoms with Gasteiger partial charge in [-0.2, -0.15) is 5.10 Å². The molecule has 0 spiro atoms. The number of nitrogens with two attached hydrogens (primary N) is 1. The van der Waals surface area contributed by atoms with Crippen molar-refractivity contribution in [2.45, 2.75) is 0 Å². The Hall–Kier alpha value is -3.49. The molecule has 1 heterocycles.